The van der Waals surface area contributed by atoms with Gasteiger partial charge < -0.3 is 14.7 Å². The van der Waals surface area contributed by atoms with Gasteiger partial charge in [-0.15, -0.1) is 11.8 Å². The number of pyridine rings is 1. The van der Waals surface area contributed by atoms with E-state index in [1.54, 1.807) is 19.2 Å². The lowest BCUT2D eigenvalue weighted by Gasteiger charge is -2.38. The Bertz CT molecular complexity index is 1210. The second kappa shape index (κ2) is 12.6. The Balaban J connectivity index is 1.38. The van der Waals surface area contributed by atoms with Gasteiger partial charge >= 0.3 is 5.97 Å². The maximum Gasteiger partial charge on any atom is 0.303 e. The molecule has 3 aromatic rings. The Kier molecular flexibility index (Phi) is 9.24. The van der Waals surface area contributed by atoms with Gasteiger partial charge in [-0.1, -0.05) is 29.8 Å². The maximum absolute atomic E-state index is 13.3. The molecule has 1 saturated heterocycles. The van der Waals surface area contributed by atoms with Crippen molar-refractivity contribution in [3.05, 3.63) is 65.3 Å². The number of ether oxygens (including phenoxy) is 1. The molecule has 0 saturated carbocycles. The van der Waals surface area contributed by atoms with Crippen LogP contribution in [0.25, 0.3) is 10.9 Å². The van der Waals surface area contributed by atoms with Gasteiger partial charge in [-0.3, -0.25) is 14.6 Å². The lowest BCUT2D eigenvalue weighted by atomic mass is 9.79. The first-order valence-electron chi connectivity index (χ1n) is 12.2. The van der Waals surface area contributed by atoms with Crippen LogP contribution < -0.4 is 4.74 Å². The van der Waals surface area contributed by atoms with Gasteiger partial charge in [-0.05, 0) is 61.6 Å². The summed E-state index contributed by atoms with van der Waals surface area (Å²) in [4.78, 5) is 32.9. The van der Waals surface area contributed by atoms with Gasteiger partial charge in [0.05, 0.1) is 17.6 Å². The van der Waals surface area contributed by atoms with E-state index in [4.69, 9.17) is 16.3 Å². The number of carboxylic acid groups (broad SMARTS) is 1. The molecule has 8 heteroatoms. The molecule has 0 radical (unpaired) electrons. The predicted molar refractivity (Wildman–Crippen MR) is 144 cm³/mol. The Hall–Kier alpha value is -2.61. The number of aromatic nitrogens is 1. The highest BCUT2D eigenvalue weighted by atomic mass is 35.5. The van der Waals surface area contributed by atoms with Crippen molar-refractivity contribution in [3.8, 4) is 5.75 Å². The van der Waals surface area contributed by atoms with E-state index in [0.717, 1.165) is 31.8 Å². The van der Waals surface area contributed by atoms with Crippen LogP contribution in [-0.4, -0.2) is 59.2 Å². The summed E-state index contributed by atoms with van der Waals surface area (Å²) in [5.41, 5.74) is 1.15. The smallest absolute Gasteiger partial charge is 0.303 e. The number of rotatable bonds is 11. The monoisotopic (exact) mass is 526 g/mol. The fraction of sp³-hybridized carbons (Fsp3) is 0.393. The third kappa shape index (κ3) is 6.78. The van der Waals surface area contributed by atoms with E-state index in [0.29, 0.717) is 40.1 Å². The molecule has 0 spiro atoms. The summed E-state index contributed by atoms with van der Waals surface area (Å²) in [6.45, 7) is 2.58. The van der Waals surface area contributed by atoms with Crippen molar-refractivity contribution in [1.82, 2.24) is 9.88 Å². The molecule has 0 bridgehead atoms. The first kappa shape index (κ1) is 26.5. The Labute approximate surface area is 221 Å². The fourth-order valence-corrected chi connectivity index (χ4v) is 6.19. The molecule has 0 aliphatic carbocycles. The summed E-state index contributed by atoms with van der Waals surface area (Å²) in [7, 11) is 1.58. The summed E-state index contributed by atoms with van der Waals surface area (Å²) in [5, 5.41) is 10.5. The third-order valence-electron chi connectivity index (χ3n) is 6.88. The first-order chi connectivity index (χ1) is 17.4. The number of methoxy groups -OCH3 is 1. The number of aliphatic carboxylic acids is 1. The van der Waals surface area contributed by atoms with Crippen LogP contribution in [0.3, 0.4) is 0 Å². The minimum atomic E-state index is -0.785. The lowest BCUT2D eigenvalue weighted by molar-refractivity contribution is -0.139. The lowest BCUT2D eigenvalue weighted by Crippen LogP contribution is -2.42. The molecule has 1 N–H and O–H groups in total. The van der Waals surface area contributed by atoms with E-state index in [-0.39, 0.29) is 24.0 Å². The van der Waals surface area contributed by atoms with Crippen LogP contribution in [0.1, 0.15) is 36.0 Å². The number of carboxylic acids is 1. The molecule has 1 fully saturated rings. The van der Waals surface area contributed by atoms with E-state index >= 15 is 0 Å². The van der Waals surface area contributed by atoms with Crippen LogP contribution in [0.15, 0.2) is 59.6 Å². The molecule has 4 rings (SSSR count). The molecule has 36 heavy (non-hydrogen) atoms. The van der Waals surface area contributed by atoms with E-state index in [1.807, 2.05) is 36.0 Å². The molecule has 2 atom stereocenters. The van der Waals surface area contributed by atoms with Gasteiger partial charge in [0.15, 0.2) is 5.78 Å². The first-order valence-corrected chi connectivity index (χ1v) is 13.6. The largest absolute Gasteiger partial charge is 0.497 e. The Morgan fingerprint density at radius 2 is 2.00 bits per heavy atom. The highest BCUT2D eigenvalue weighted by Gasteiger charge is 2.31. The van der Waals surface area contributed by atoms with Gasteiger partial charge in [0.2, 0.25) is 0 Å². The molecule has 1 aliphatic heterocycles. The molecule has 1 aromatic heterocycles. The Morgan fingerprint density at radius 3 is 2.75 bits per heavy atom. The number of ketones is 1. The average Bonchev–Trinajstić information content (AvgIpc) is 2.88. The number of likely N-dealkylation sites (tertiary alicyclic amines) is 1. The minimum absolute atomic E-state index is 0.0236. The van der Waals surface area contributed by atoms with Crippen LogP contribution in [0.2, 0.25) is 5.02 Å². The van der Waals surface area contributed by atoms with Crippen LogP contribution >= 0.6 is 23.4 Å². The third-order valence-corrected chi connectivity index (χ3v) is 8.16. The van der Waals surface area contributed by atoms with Crippen molar-refractivity contribution in [1.29, 1.82) is 0 Å². The molecular weight excluding hydrogens is 496 g/mol. The summed E-state index contributed by atoms with van der Waals surface area (Å²) < 4.78 is 5.32. The second-order valence-electron chi connectivity index (χ2n) is 9.19. The van der Waals surface area contributed by atoms with Crippen LogP contribution in [-0.2, 0) is 4.79 Å². The number of Topliss-reactive ketones (excluding diaryl/α,β-unsaturated/α-hetero) is 1. The van der Waals surface area contributed by atoms with Crippen molar-refractivity contribution < 1.29 is 19.4 Å². The van der Waals surface area contributed by atoms with Crippen LogP contribution in [0.4, 0.5) is 0 Å². The molecule has 0 unspecified atom stereocenters. The van der Waals surface area contributed by atoms with Gasteiger partial charge in [-0.25, -0.2) is 0 Å². The topological polar surface area (TPSA) is 79.7 Å². The van der Waals surface area contributed by atoms with E-state index in [2.05, 4.69) is 22.0 Å². The van der Waals surface area contributed by atoms with E-state index < -0.39 is 5.97 Å². The van der Waals surface area contributed by atoms with Crippen molar-refractivity contribution in [2.45, 2.75) is 30.6 Å². The van der Waals surface area contributed by atoms with Crippen molar-refractivity contribution in [3.63, 3.8) is 0 Å². The molecule has 1 aliphatic rings. The predicted octanol–water partition coefficient (Wildman–Crippen LogP) is 6.06. The number of hydrogen-bond donors (Lipinski definition) is 1. The highest BCUT2D eigenvalue weighted by molar-refractivity contribution is 7.99. The van der Waals surface area contributed by atoms with Crippen molar-refractivity contribution in [2.75, 3.05) is 32.5 Å². The normalized spacial score (nSPS) is 18.3. The van der Waals surface area contributed by atoms with Gasteiger partial charge in [0.25, 0.3) is 0 Å². The average molecular weight is 527 g/mol. The van der Waals surface area contributed by atoms with E-state index in [9.17, 15) is 14.7 Å². The summed E-state index contributed by atoms with van der Waals surface area (Å²) in [6, 6.07) is 15.7. The number of piperidine rings is 1. The standard InChI is InChI=1S/C28H31ClN2O4S/c1-35-21-8-9-25-23(16-21)28(24(29)17-30-25)26(32)10-7-19-11-12-31(18-20(19)15-27(33)34)13-14-36-22-5-3-2-4-6-22/h2-6,8-9,16-17,19-20H,7,10-15,18H2,1H3,(H,33,34)/t19-,20-/m1/s1. The summed E-state index contributed by atoms with van der Waals surface area (Å²) >= 11 is 8.23. The second-order valence-corrected chi connectivity index (χ2v) is 10.8. The van der Waals surface area contributed by atoms with Crippen LogP contribution in [0.5, 0.6) is 5.75 Å². The number of hydrogen-bond acceptors (Lipinski definition) is 6. The maximum atomic E-state index is 13.3. The molecule has 2 aromatic carbocycles. The van der Waals surface area contributed by atoms with Crippen molar-refractivity contribution in [2.24, 2.45) is 11.8 Å². The zero-order valence-corrected chi connectivity index (χ0v) is 21.9. The van der Waals surface area contributed by atoms with Gasteiger partial charge in [-0.2, -0.15) is 0 Å². The molecule has 6 nitrogen and oxygen atoms in total. The minimum Gasteiger partial charge on any atom is -0.497 e. The number of thioether (sulfide) groups is 1. The van der Waals surface area contributed by atoms with E-state index in [1.165, 1.54) is 11.1 Å². The summed E-state index contributed by atoms with van der Waals surface area (Å²) in [5.74, 6) is 0.979. The van der Waals surface area contributed by atoms with Gasteiger partial charge in [0, 0.05) is 53.7 Å². The zero-order chi connectivity index (χ0) is 25.5. The number of nitrogens with zero attached hydrogens (tertiary/aromatic N) is 2. The van der Waals surface area contributed by atoms with Crippen molar-refractivity contribution >= 4 is 46.0 Å². The summed E-state index contributed by atoms with van der Waals surface area (Å²) in [6.07, 6.45) is 3.49. The fourth-order valence-electron chi connectivity index (χ4n) is 5.00. The molecule has 2 heterocycles. The zero-order valence-electron chi connectivity index (χ0n) is 20.4. The van der Waals surface area contributed by atoms with Gasteiger partial charge in [0.1, 0.15) is 5.75 Å². The SMILES string of the molecule is COc1ccc2ncc(Cl)c(C(=O)CC[C@@H]3CCN(CCSc4ccccc4)C[C@H]3CC(=O)O)c2c1. The Morgan fingerprint density at radius 1 is 1.19 bits per heavy atom. The number of fused-ring (bicyclic) bond motifs is 1. The quantitative estimate of drug-likeness (QED) is 0.240. The number of carbonyl (C=O) groups excluding carboxylic acids is 1. The number of benzene rings is 2. The van der Waals surface area contributed by atoms with Crippen LogP contribution in [0, 0.1) is 11.8 Å². The highest BCUT2D eigenvalue weighted by Crippen LogP contribution is 2.33. The number of carbonyl (C=O) groups is 2. The number of halogens is 1. The molecular formula is C28H31ClN2O4S. The molecule has 0 amide bonds. The molecule has 190 valence electrons.